The highest BCUT2D eigenvalue weighted by Crippen LogP contribution is 2.22. The molecule has 7 nitrogen and oxygen atoms in total. The van der Waals surface area contributed by atoms with E-state index in [4.69, 9.17) is 5.73 Å². The van der Waals surface area contributed by atoms with Crippen molar-refractivity contribution in [1.29, 1.82) is 0 Å². The van der Waals surface area contributed by atoms with Gasteiger partial charge in [0.05, 0.1) is 13.1 Å². The average molecular weight is 470 g/mol. The van der Waals surface area contributed by atoms with Gasteiger partial charge in [-0.25, -0.2) is 4.99 Å². The van der Waals surface area contributed by atoms with Crippen LogP contribution in [-0.2, 0) is 19.6 Å². The molecule has 2 rings (SSSR count). The molecule has 2 aromatic rings. The van der Waals surface area contributed by atoms with E-state index in [9.17, 15) is 13.2 Å². The lowest BCUT2D eigenvalue weighted by atomic mass is 10.2. The third kappa shape index (κ3) is 7.15. The summed E-state index contributed by atoms with van der Waals surface area (Å²) in [6.45, 7) is 3.32. The Morgan fingerprint density at radius 1 is 1.32 bits per heavy atom. The number of guanidine groups is 1. The number of hydrogen-bond donors (Lipinski definition) is 2. The molecule has 1 aromatic carbocycles. The largest absolute Gasteiger partial charge is 0.573 e. The van der Waals surface area contributed by atoms with Crippen LogP contribution in [0.1, 0.15) is 18.3 Å². The van der Waals surface area contributed by atoms with Crippen molar-refractivity contribution in [2.45, 2.75) is 32.9 Å². The second-order valence-electron chi connectivity index (χ2n) is 4.78. The van der Waals surface area contributed by atoms with Gasteiger partial charge in [0, 0.05) is 6.54 Å². The molecule has 0 bridgehead atoms. The highest BCUT2D eigenvalue weighted by Gasteiger charge is 2.30. The molecule has 1 heterocycles. The molecule has 138 valence electrons. The van der Waals surface area contributed by atoms with E-state index in [1.165, 1.54) is 24.3 Å². The predicted molar refractivity (Wildman–Crippen MR) is 96.4 cm³/mol. The quantitative estimate of drug-likeness (QED) is 0.385. The number of nitrogens with one attached hydrogen (secondary N) is 1. The number of nitrogens with zero attached hydrogens (tertiary/aromatic N) is 4. The molecule has 0 aliphatic rings. The van der Waals surface area contributed by atoms with Crippen molar-refractivity contribution < 1.29 is 17.9 Å². The molecule has 0 aliphatic heterocycles. The van der Waals surface area contributed by atoms with E-state index in [0.717, 1.165) is 12.4 Å². The molecule has 1 aromatic heterocycles. The van der Waals surface area contributed by atoms with Crippen molar-refractivity contribution in [3.8, 4) is 5.75 Å². The topological polar surface area (TPSA) is 90.4 Å². The third-order valence-corrected chi connectivity index (χ3v) is 3.05. The van der Waals surface area contributed by atoms with Crippen molar-refractivity contribution in [2.24, 2.45) is 10.7 Å². The maximum Gasteiger partial charge on any atom is 0.573 e. The monoisotopic (exact) mass is 470 g/mol. The number of alkyl halides is 3. The smallest absolute Gasteiger partial charge is 0.406 e. The van der Waals surface area contributed by atoms with Gasteiger partial charge in [0.2, 0.25) is 0 Å². The number of ether oxygens (including phenoxy) is 1. The molecular weight excluding hydrogens is 452 g/mol. The molecule has 0 saturated heterocycles. The maximum atomic E-state index is 12.1. The summed E-state index contributed by atoms with van der Waals surface area (Å²) in [6.07, 6.45) is -3.08. The van der Waals surface area contributed by atoms with E-state index in [2.05, 4.69) is 25.2 Å². The van der Waals surface area contributed by atoms with E-state index < -0.39 is 6.36 Å². The van der Waals surface area contributed by atoms with E-state index in [1.807, 2.05) is 11.5 Å². The number of aromatic nitrogens is 3. The summed E-state index contributed by atoms with van der Waals surface area (Å²) in [4.78, 5) is 4.12. The molecular formula is C14H18F3IN6O. The van der Waals surface area contributed by atoms with Crippen LogP contribution in [0, 0.1) is 0 Å². The summed E-state index contributed by atoms with van der Waals surface area (Å²) in [5, 5.41) is 10.7. The van der Waals surface area contributed by atoms with Crippen LogP contribution in [0.4, 0.5) is 13.2 Å². The Morgan fingerprint density at radius 2 is 2.00 bits per heavy atom. The third-order valence-electron chi connectivity index (χ3n) is 3.05. The van der Waals surface area contributed by atoms with Gasteiger partial charge in [-0.2, -0.15) is 0 Å². The van der Waals surface area contributed by atoms with Gasteiger partial charge in [-0.1, -0.05) is 12.1 Å². The zero-order valence-corrected chi connectivity index (χ0v) is 15.7. The molecule has 3 N–H and O–H groups in total. The van der Waals surface area contributed by atoms with Gasteiger partial charge in [0.15, 0.2) is 11.8 Å². The van der Waals surface area contributed by atoms with Crippen molar-refractivity contribution >= 4 is 29.9 Å². The summed E-state index contributed by atoms with van der Waals surface area (Å²) in [5.41, 5.74) is 6.45. The van der Waals surface area contributed by atoms with Gasteiger partial charge in [-0.15, -0.1) is 47.3 Å². The van der Waals surface area contributed by atoms with Gasteiger partial charge in [-0.3, -0.25) is 0 Å². The molecule has 0 unspecified atom stereocenters. The Kier molecular flexibility index (Phi) is 7.93. The fourth-order valence-electron chi connectivity index (χ4n) is 1.88. The van der Waals surface area contributed by atoms with Crippen LogP contribution in [0.15, 0.2) is 35.6 Å². The minimum absolute atomic E-state index is 0. The SMILES string of the molecule is CCn1cnnc1CNC(N)=NCc1ccc(OC(F)(F)F)cc1.I. The minimum Gasteiger partial charge on any atom is -0.406 e. The zero-order valence-electron chi connectivity index (χ0n) is 13.3. The van der Waals surface area contributed by atoms with E-state index >= 15 is 0 Å². The van der Waals surface area contributed by atoms with Gasteiger partial charge in [0.25, 0.3) is 0 Å². The first-order valence-corrected chi connectivity index (χ1v) is 7.12. The summed E-state index contributed by atoms with van der Waals surface area (Å²) in [6, 6.07) is 5.44. The number of aliphatic imine (C=N–C) groups is 1. The van der Waals surface area contributed by atoms with Crippen LogP contribution in [-0.4, -0.2) is 27.1 Å². The number of halogens is 4. The molecule has 0 radical (unpaired) electrons. The first kappa shape index (κ1) is 21.0. The van der Waals surface area contributed by atoms with Crippen LogP contribution in [0.2, 0.25) is 0 Å². The Balaban J connectivity index is 0.00000312. The summed E-state index contributed by atoms with van der Waals surface area (Å²) < 4.78 is 41.9. The highest BCUT2D eigenvalue weighted by atomic mass is 127. The summed E-state index contributed by atoms with van der Waals surface area (Å²) >= 11 is 0. The Bertz CT molecular complexity index is 687. The average Bonchev–Trinajstić information content (AvgIpc) is 2.98. The summed E-state index contributed by atoms with van der Waals surface area (Å²) in [5.74, 6) is 0.654. The maximum absolute atomic E-state index is 12.1. The molecule has 11 heteroatoms. The molecule has 0 spiro atoms. The Labute approximate surface area is 159 Å². The fourth-order valence-corrected chi connectivity index (χ4v) is 1.88. The van der Waals surface area contributed by atoms with Gasteiger partial charge >= 0.3 is 6.36 Å². The second kappa shape index (κ2) is 9.44. The molecule has 25 heavy (non-hydrogen) atoms. The normalized spacial score (nSPS) is 11.8. The number of hydrogen-bond acceptors (Lipinski definition) is 4. The van der Waals surface area contributed by atoms with Gasteiger partial charge in [0.1, 0.15) is 12.1 Å². The van der Waals surface area contributed by atoms with Crippen LogP contribution in [0.3, 0.4) is 0 Å². The van der Waals surface area contributed by atoms with Crippen molar-refractivity contribution in [3.05, 3.63) is 42.0 Å². The van der Waals surface area contributed by atoms with Crippen molar-refractivity contribution in [3.63, 3.8) is 0 Å². The Morgan fingerprint density at radius 3 is 2.60 bits per heavy atom. The predicted octanol–water partition coefficient (Wildman–Crippen LogP) is 2.42. The van der Waals surface area contributed by atoms with Crippen LogP contribution in [0.5, 0.6) is 5.75 Å². The minimum atomic E-state index is -4.70. The number of benzene rings is 1. The second-order valence-corrected chi connectivity index (χ2v) is 4.78. The van der Waals surface area contributed by atoms with Crippen LogP contribution in [0.25, 0.3) is 0 Å². The standard InChI is InChI=1S/C14H17F3N6O.HI/c1-2-23-9-21-22-12(23)8-20-13(18)19-7-10-3-5-11(6-4-10)24-14(15,16)17;/h3-6,9H,2,7-8H2,1H3,(H3,18,19,20);1H. The van der Waals surface area contributed by atoms with Gasteiger partial charge in [-0.05, 0) is 24.6 Å². The number of aryl methyl sites for hydroxylation is 1. The van der Waals surface area contributed by atoms with Crippen LogP contribution >= 0.6 is 24.0 Å². The molecule has 0 fully saturated rings. The highest BCUT2D eigenvalue weighted by molar-refractivity contribution is 14.0. The number of nitrogens with two attached hydrogens (primary N) is 1. The zero-order chi connectivity index (χ0) is 17.6. The first-order chi connectivity index (χ1) is 11.4. The lowest BCUT2D eigenvalue weighted by Gasteiger charge is -2.09. The number of rotatable bonds is 6. The fraction of sp³-hybridized carbons (Fsp3) is 0.357. The van der Waals surface area contributed by atoms with Crippen molar-refractivity contribution in [2.75, 3.05) is 0 Å². The lowest BCUT2D eigenvalue weighted by molar-refractivity contribution is -0.274. The van der Waals surface area contributed by atoms with Crippen LogP contribution < -0.4 is 15.8 Å². The molecule has 0 aliphatic carbocycles. The van der Waals surface area contributed by atoms with E-state index in [0.29, 0.717) is 12.1 Å². The Hall–Kier alpha value is -2.05. The molecule has 0 saturated carbocycles. The van der Waals surface area contributed by atoms with Crippen molar-refractivity contribution in [1.82, 2.24) is 20.1 Å². The molecule has 0 atom stereocenters. The van der Waals surface area contributed by atoms with Gasteiger partial charge < -0.3 is 20.4 Å². The first-order valence-electron chi connectivity index (χ1n) is 7.12. The van der Waals surface area contributed by atoms with E-state index in [1.54, 1.807) is 6.33 Å². The summed E-state index contributed by atoms with van der Waals surface area (Å²) in [7, 11) is 0. The molecule has 0 amide bonds. The van der Waals surface area contributed by atoms with E-state index in [-0.39, 0.29) is 42.2 Å². The lowest BCUT2D eigenvalue weighted by Crippen LogP contribution is -2.32.